The molecule has 1 amide bonds. The normalized spacial score (nSPS) is 10.8. The third-order valence-electron chi connectivity index (χ3n) is 4.31. The monoisotopic (exact) mass is 436 g/mol. The van der Waals surface area contributed by atoms with E-state index in [9.17, 15) is 4.79 Å². The van der Waals surface area contributed by atoms with Gasteiger partial charge in [0.1, 0.15) is 5.75 Å². The third kappa shape index (κ3) is 4.04. The van der Waals surface area contributed by atoms with Crippen LogP contribution in [0.15, 0.2) is 71.6 Å². The molecular weight excluding hydrogens is 420 g/mol. The molecule has 0 atom stereocenters. The van der Waals surface area contributed by atoms with Gasteiger partial charge in [0.25, 0.3) is 5.91 Å². The van der Waals surface area contributed by atoms with Crippen LogP contribution in [0.25, 0.3) is 10.9 Å². The number of methoxy groups -OCH3 is 1. The summed E-state index contributed by atoms with van der Waals surface area (Å²) in [6.07, 6.45) is 5.29. The van der Waals surface area contributed by atoms with E-state index in [0.717, 1.165) is 26.7 Å². The zero-order valence-electron chi connectivity index (χ0n) is 15.1. The standard InChI is InChI=1S/C21H17BrN4O2/c1-28-19-7-6-16-8-18(11-23-20(16)9-19)25-21(27)15-4-2-14(3-5-15)12-26-13-17(22)10-24-26/h2-11,13H,12H2,1H3,(H,25,27). The van der Waals surface area contributed by atoms with Gasteiger partial charge < -0.3 is 10.1 Å². The summed E-state index contributed by atoms with van der Waals surface area (Å²) in [5.41, 5.74) is 3.11. The van der Waals surface area contributed by atoms with Crippen molar-refractivity contribution in [1.82, 2.24) is 14.8 Å². The molecule has 4 aromatic rings. The summed E-state index contributed by atoms with van der Waals surface area (Å²) < 4.78 is 7.97. The van der Waals surface area contributed by atoms with Gasteiger partial charge in [0.05, 0.1) is 41.7 Å². The molecule has 0 aliphatic carbocycles. The van der Waals surface area contributed by atoms with E-state index in [1.165, 1.54) is 0 Å². The Balaban J connectivity index is 1.46. The Morgan fingerprint density at radius 1 is 1.14 bits per heavy atom. The van der Waals surface area contributed by atoms with Gasteiger partial charge in [-0.05, 0) is 51.8 Å². The third-order valence-corrected chi connectivity index (χ3v) is 4.72. The zero-order chi connectivity index (χ0) is 19.5. The van der Waals surface area contributed by atoms with Gasteiger partial charge in [-0.1, -0.05) is 12.1 Å². The number of nitrogens with zero attached hydrogens (tertiary/aromatic N) is 3. The molecule has 140 valence electrons. The molecule has 4 rings (SSSR count). The number of ether oxygens (including phenoxy) is 1. The molecule has 6 nitrogen and oxygen atoms in total. The van der Waals surface area contributed by atoms with Gasteiger partial charge in [0, 0.05) is 23.2 Å². The first-order valence-electron chi connectivity index (χ1n) is 8.63. The fourth-order valence-electron chi connectivity index (χ4n) is 2.87. The Morgan fingerprint density at radius 3 is 2.68 bits per heavy atom. The summed E-state index contributed by atoms with van der Waals surface area (Å²) in [5.74, 6) is 0.572. The second kappa shape index (κ2) is 7.82. The number of benzene rings is 2. The first-order chi connectivity index (χ1) is 13.6. The molecule has 0 saturated heterocycles. The molecule has 0 spiro atoms. The van der Waals surface area contributed by atoms with Crippen molar-refractivity contribution in [3.8, 4) is 5.75 Å². The first kappa shape index (κ1) is 18.2. The number of rotatable bonds is 5. The lowest BCUT2D eigenvalue weighted by molar-refractivity contribution is 0.102. The van der Waals surface area contributed by atoms with Gasteiger partial charge in [0.2, 0.25) is 0 Å². The summed E-state index contributed by atoms with van der Waals surface area (Å²) in [6.45, 7) is 0.644. The Labute approximate surface area is 170 Å². The molecule has 0 saturated carbocycles. The van der Waals surface area contributed by atoms with Crippen LogP contribution in [0, 0.1) is 0 Å². The second-order valence-corrected chi connectivity index (χ2v) is 7.21. The van der Waals surface area contributed by atoms with Crippen LogP contribution in [0.2, 0.25) is 0 Å². The summed E-state index contributed by atoms with van der Waals surface area (Å²) in [6, 6.07) is 15.0. The Hall–Kier alpha value is -3.19. The summed E-state index contributed by atoms with van der Waals surface area (Å²) in [4.78, 5) is 16.9. The highest BCUT2D eigenvalue weighted by atomic mass is 79.9. The van der Waals surface area contributed by atoms with Crippen molar-refractivity contribution >= 4 is 38.4 Å². The highest BCUT2D eigenvalue weighted by Gasteiger charge is 2.08. The fraction of sp³-hybridized carbons (Fsp3) is 0.0952. The van der Waals surface area contributed by atoms with Crippen LogP contribution in [0.3, 0.4) is 0 Å². The van der Waals surface area contributed by atoms with Crippen molar-refractivity contribution in [2.75, 3.05) is 12.4 Å². The minimum Gasteiger partial charge on any atom is -0.497 e. The highest BCUT2D eigenvalue weighted by Crippen LogP contribution is 2.22. The van der Waals surface area contributed by atoms with Crippen molar-refractivity contribution in [3.05, 3.63) is 82.7 Å². The van der Waals surface area contributed by atoms with Gasteiger partial charge in [-0.15, -0.1) is 0 Å². The molecule has 0 bridgehead atoms. The number of hydrogen-bond acceptors (Lipinski definition) is 4. The summed E-state index contributed by atoms with van der Waals surface area (Å²) in [5, 5.41) is 8.06. The minimum atomic E-state index is -0.178. The lowest BCUT2D eigenvalue weighted by Crippen LogP contribution is -2.12. The number of fused-ring (bicyclic) bond motifs is 1. The molecule has 28 heavy (non-hydrogen) atoms. The number of halogens is 1. The molecule has 2 aromatic carbocycles. The molecule has 0 aliphatic heterocycles. The molecule has 2 heterocycles. The number of anilines is 1. The van der Waals surface area contributed by atoms with Crippen LogP contribution < -0.4 is 10.1 Å². The average Bonchev–Trinajstić information content (AvgIpc) is 3.12. The first-order valence-corrected chi connectivity index (χ1v) is 9.42. The summed E-state index contributed by atoms with van der Waals surface area (Å²) in [7, 11) is 1.62. The molecule has 0 fully saturated rings. The number of aromatic nitrogens is 3. The largest absolute Gasteiger partial charge is 0.497 e. The smallest absolute Gasteiger partial charge is 0.255 e. The molecule has 0 aliphatic rings. The Bertz CT molecular complexity index is 1140. The number of amides is 1. The predicted molar refractivity (Wildman–Crippen MR) is 112 cm³/mol. The SMILES string of the molecule is COc1ccc2cc(NC(=O)c3ccc(Cn4cc(Br)cn4)cc3)cnc2c1. The quantitative estimate of drug-likeness (QED) is 0.499. The van der Waals surface area contributed by atoms with Gasteiger partial charge in [0.15, 0.2) is 0 Å². The van der Waals surface area contributed by atoms with E-state index in [4.69, 9.17) is 4.74 Å². The summed E-state index contributed by atoms with van der Waals surface area (Å²) >= 11 is 3.38. The van der Waals surface area contributed by atoms with Crippen LogP contribution in [0.4, 0.5) is 5.69 Å². The molecule has 7 heteroatoms. The number of nitrogens with one attached hydrogen (secondary N) is 1. The molecule has 2 aromatic heterocycles. The van der Waals surface area contributed by atoms with E-state index in [2.05, 4.69) is 31.3 Å². The molecule has 1 N–H and O–H groups in total. The van der Waals surface area contributed by atoms with Crippen LogP contribution in [-0.2, 0) is 6.54 Å². The van der Waals surface area contributed by atoms with Crippen LogP contribution in [0.5, 0.6) is 5.75 Å². The van der Waals surface area contributed by atoms with Crippen LogP contribution >= 0.6 is 15.9 Å². The Kier molecular flexibility index (Phi) is 5.08. The van der Waals surface area contributed by atoms with Crippen molar-refractivity contribution in [1.29, 1.82) is 0 Å². The number of carbonyl (C=O) groups is 1. The van der Waals surface area contributed by atoms with E-state index in [0.29, 0.717) is 17.8 Å². The second-order valence-electron chi connectivity index (χ2n) is 6.29. The van der Waals surface area contributed by atoms with E-state index < -0.39 is 0 Å². The van der Waals surface area contributed by atoms with Gasteiger partial charge in [-0.2, -0.15) is 5.10 Å². The van der Waals surface area contributed by atoms with E-state index in [1.54, 1.807) is 19.5 Å². The van der Waals surface area contributed by atoms with E-state index in [-0.39, 0.29) is 5.91 Å². The van der Waals surface area contributed by atoms with Crippen molar-refractivity contribution in [3.63, 3.8) is 0 Å². The maximum absolute atomic E-state index is 12.5. The van der Waals surface area contributed by atoms with Gasteiger partial charge in [-0.25, -0.2) is 0 Å². The maximum Gasteiger partial charge on any atom is 0.255 e. The highest BCUT2D eigenvalue weighted by molar-refractivity contribution is 9.10. The van der Waals surface area contributed by atoms with Gasteiger partial charge in [-0.3, -0.25) is 14.5 Å². The zero-order valence-corrected chi connectivity index (χ0v) is 16.7. The van der Waals surface area contributed by atoms with Crippen LogP contribution in [0.1, 0.15) is 15.9 Å². The van der Waals surface area contributed by atoms with E-state index in [1.807, 2.05) is 59.4 Å². The Morgan fingerprint density at radius 2 is 1.96 bits per heavy atom. The minimum absolute atomic E-state index is 0.178. The molecule has 0 radical (unpaired) electrons. The van der Waals surface area contributed by atoms with Crippen LogP contribution in [-0.4, -0.2) is 27.8 Å². The topological polar surface area (TPSA) is 69.0 Å². The predicted octanol–water partition coefficient (Wildman–Crippen LogP) is 4.50. The van der Waals surface area contributed by atoms with Gasteiger partial charge >= 0.3 is 0 Å². The lowest BCUT2D eigenvalue weighted by atomic mass is 10.1. The number of hydrogen-bond donors (Lipinski definition) is 1. The number of pyridine rings is 1. The molecular formula is C21H17BrN4O2. The average molecular weight is 437 g/mol. The van der Waals surface area contributed by atoms with Crippen molar-refractivity contribution < 1.29 is 9.53 Å². The maximum atomic E-state index is 12.5. The fourth-order valence-corrected chi connectivity index (χ4v) is 3.20. The van der Waals surface area contributed by atoms with Crippen molar-refractivity contribution in [2.45, 2.75) is 6.54 Å². The number of carbonyl (C=O) groups excluding carboxylic acids is 1. The van der Waals surface area contributed by atoms with E-state index >= 15 is 0 Å². The lowest BCUT2D eigenvalue weighted by Gasteiger charge is -2.08. The molecule has 0 unspecified atom stereocenters. The van der Waals surface area contributed by atoms with Crippen molar-refractivity contribution in [2.24, 2.45) is 0 Å².